The number of hydrogen-bond donors (Lipinski definition) is 1. The second kappa shape index (κ2) is 5.68. The van der Waals surface area contributed by atoms with Crippen LogP contribution in [0, 0.1) is 0 Å². The fourth-order valence-corrected chi connectivity index (χ4v) is 1.96. The Labute approximate surface area is 101 Å². The van der Waals surface area contributed by atoms with Crippen molar-refractivity contribution in [1.82, 2.24) is 5.32 Å². The molecule has 0 bridgehead atoms. The lowest BCUT2D eigenvalue weighted by atomic mass is 10.2. The van der Waals surface area contributed by atoms with E-state index >= 15 is 0 Å². The smallest absolute Gasteiger partial charge is 0.341 e. The molecule has 1 aromatic rings. The zero-order chi connectivity index (χ0) is 12.1. The van der Waals surface area contributed by atoms with Crippen molar-refractivity contribution in [2.75, 3.05) is 20.3 Å². The van der Waals surface area contributed by atoms with Gasteiger partial charge < -0.3 is 14.8 Å². The number of carbonyl (C=O) groups excluding carboxylic acids is 1. The monoisotopic (exact) mass is 235 g/mol. The summed E-state index contributed by atoms with van der Waals surface area (Å²) in [4.78, 5) is 11.5. The summed E-state index contributed by atoms with van der Waals surface area (Å²) in [5.41, 5.74) is 0.480. The predicted octanol–water partition coefficient (Wildman–Crippen LogP) is 1.60. The molecule has 1 fully saturated rings. The molecule has 4 nitrogen and oxygen atoms in total. The Balaban J connectivity index is 2.01. The predicted molar refractivity (Wildman–Crippen MR) is 64.3 cm³/mol. The Morgan fingerprint density at radius 3 is 3.00 bits per heavy atom. The van der Waals surface area contributed by atoms with E-state index < -0.39 is 0 Å². The van der Waals surface area contributed by atoms with E-state index in [1.54, 1.807) is 18.2 Å². The lowest BCUT2D eigenvalue weighted by molar-refractivity contribution is 0.0595. The summed E-state index contributed by atoms with van der Waals surface area (Å²) < 4.78 is 10.4. The maximum absolute atomic E-state index is 11.5. The normalized spacial score (nSPS) is 19.0. The summed E-state index contributed by atoms with van der Waals surface area (Å²) in [6, 6.07) is 7.54. The molecule has 4 heteroatoms. The molecule has 92 valence electrons. The lowest BCUT2D eigenvalue weighted by Gasteiger charge is -2.14. The molecule has 1 aliphatic heterocycles. The molecular weight excluding hydrogens is 218 g/mol. The van der Waals surface area contributed by atoms with Crippen LogP contribution in [0.25, 0.3) is 0 Å². The third kappa shape index (κ3) is 2.97. The molecule has 17 heavy (non-hydrogen) atoms. The van der Waals surface area contributed by atoms with Crippen molar-refractivity contribution in [3.05, 3.63) is 29.8 Å². The first-order chi connectivity index (χ1) is 8.31. The van der Waals surface area contributed by atoms with Crippen LogP contribution in [-0.4, -0.2) is 32.3 Å². The number of hydrogen-bond acceptors (Lipinski definition) is 4. The van der Waals surface area contributed by atoms with Crippen LogP contribution >= 0.6 is 0 Å². The first kappa shape index (κ1) is 11.9. The highest BCUT2D eigenvalue weighted by Crippen LogP contribution is 2.19. The zero-order valence-corrected chi connectivity index (χ0v) is 9.94. The van der Waals surface area contributed by atoms with Crippen LogP contribution in [0.4, 0.5) is 0 Å². The number of rotatable bonds is 4. The lowest BCUT2D eigenvalue weighted by Crippen LogP contribution is -2.28. The third-order valence-electron chi connectivity index (χ3n) is 2.89. The third-order valence-corrected chi connectivity index (χ3v) is 2.89. The van der Waals surface area contributed by atoms with E-state index in [0.717, 1.165) is 13.0 Å². The van der Waals surface area contributed by atoms with Gasteiger partial charge in [0, 0.05) is 6.04 Å². The molecule has 0 spiro atoms. The van der Waals surface area contributed by atoms with Gasteiger partial charge in [-0.3, -0.25) is 0 Å². The number of para-hydroxylation sites is 1. The topological polar surface area (TPSA) is 47.6 Å². The Kier molecular flexibility index (Phi) is 3.98. The summed E-state index contributed by atoms with van der Waals surface area (Å²) in [6.07, 6.45) is 2.31. The maximum atomic E-state index is 11.5. The van der Waals surface area contributed by atoms with Crippen LogP contribution in [0.5, 0.6) is 5.75 Å². The highest BCUT2D eigenvalue weighted by atomic mass is 16.5. The Morgan fingerprint density at radius 1 is 1.47 bits per heavy atom. The minimum Gasteiger partial charge on any atom is -0.491 e. The summed E-state index contributed by atoms with van der Waals surface area (Å²) in [5, 5.41) is 3.35. The van der Waals surface area contributed by atoms with Gasteiger partial charge in [-0.2, -0.15) is 0 Å². The molecule has 2 rings (SSSR count). The van der Waals surface area contributed by atoms with Crippen LogP contribution in [0.2, 0.25) is 0 Å². The van der Waals surface area contributed by atoms with E-state index in [4.69, 9.17) is 9.47 Å². The van der Waals surface area contributed by atoms with E-state index in [1.165, 1.54) is 13.5 Å². The fraction of sp³-hybridized carbons (Fsp3) is 0.462. The van der Waals surface area contributed by atoms with Crippen molar-refractivity contribution < 1.29 is 14.3 Å². The number of nitrogens with one attached hydrogen (secondary N) is 1. The molecule has 1 atom stereocenters. The number of esters is 1. The van der Waals surface area contributed by atoms with Crippen LogP contribution < -0.4 is 10.1 Å². The molecule has 1 aromatic carbocycles. The van der Waals surface area contributed by atoms with Gasteiger partial charge in [-0.05, 0) is 31.5 Å². The van der Waals surface area contributed by atoms with Gasteiger partial charge in [0.15, 0.2) is 0 Å². The average Bonchev–Trinajstić information content (AvgIpc) is 2.89. The van der Waals surface area contributed by atoms with Crippen molar-refractivity contribution in [2.45, 2.75) is 18.9 Å². The molecule has 0 radical (unpaired) electrons. The van der Waals surface area contributed by atoms with Crippen molar-refractivity contribution >= 4 is 5.97 Å². The van der Waals surface area contributed by atoms with Gasteiger partial charge in [0.1, 0.15) is 17.9 Å². The van der Waals surface area contributed by atoms with Crippen molar-refractivity contribution in [2.24, 2.45) is 0 Å². The fourth-order valence-electron chi connectivity index (χ4n) is 1.96. The first-order valence-corrected chi connectivity index (χ1v) is 5.85. The minimum absolute atomic E-state index is 0.361. The molecule has 1 saturated heterocycles. The number of carbonyl (C=O) groups is 1. The summed E-state index contributed by atoms with van der Waals surface area (Å²) in [5.74, 6) is 0.230. The molecule has 1 N–H and O–H groups in total. The average molecular weight is 235 g/mol. The van der Waals surface area contributed by atoms with E-state index in [-0.39, 0.29) is 5.97 Å². The summed E-state index contributed by atoms with van der Waals surface area (Å²) in [7, 11) is 1.37. The van der Waals surface area contributed by atoms with Crippen LogP contribution in [0.15, 0.2) is 24.3 Å². The van der Waals surface area contributed by atoms with E-state index in [1.807, 2.05) is 6.07 Å². The second-order valence-corrected chi connectivity index (χ2v) is 4.09. The molecule has 0 aliphatic carbocycles. The molecule has 0 aromatic heterocycles. The van der Waals surface area contributed by atoms with E-state index in [2.05, 4.69) is 5.32 Å². The van der Waals surface area contributed by atoms with Crippen LogP contribution in [0.1, 0.15) is 23.2 Å². The van der Waals surface area contributed by atoms with Crippen molar-refractivity contribution in [3.63, 3.8) is 0 Å². The highest BCUT2D eigenvalue weighted by Gasteiger charge is 2.17. The van der Waals surface area contributed by atoms with Crippen LogP contribution in [0.3, 0.4) is 0 Å². The molecule has 1 heterocycles. The molecule has 1 aliphatic rings. The van der Waals surface area contributed by atoms with Crippen molar-refractivity contribution in [3.8, 4) is 5.75 Å². The van der Waals surface area contributed by atoms with Gasteiger partial charge in [0.25, 0.3) is 0 Å². The standard InChI is InChI=1S/C13H17NO3/c1-16-13(15)11-6-2-3-7-12(11)17-9-10-5-4-8-14-10/h2-3,6-7,10,14H,4-5,8-9H2,1H3/t10-/m0/s1. The minimum atomic E-state index is -0.361. The van der Waals surface area contributed by atoms with E-state index in [0.29, 0.717) is 24.0 Å². The molecular formula is C13H17NO3. The van der Waals surface area contributed by atoms with Crippen LogP contribution in [-0.2, 0) is 4.74 Å². The van der Waals surface area contributed by atoms with Crippen molar-refractivity contribution in [1.29, 1.82) is 0 Å². The second-order valence-electron chi connectivity index (χ2n) is 4.09. The van der Waals surface area contributed by atoms with Gasteiger partial charge in [0.05, 0.1) is 7.11 Å². The highest BCUT2D eigenvalue weighted by molar-refractivity contribution is 5.92. The Morgan fingerprint density at radius 2 is 2.29 bits per heavy atom. The Hall–Kier alpha value is -1.55. The summed E-state index contributed by atoms with van der Waals surface area (Å²) in [6.45, 7) is 1.64. The van der Waals surface area contributed by atoms with Gasteiger partial charge >= 0.3 is 5.97 Å². The SMILES string of the molecule is COC(=O)c1ccccc1OC[C@@H]1CCCN1. The van der Waals surface area contributed by atoms with Gasteiger partial charge in [-0.15, -0.1) is 0 Å². The largest absolute Gasteiger partial charge is 0.491 e. The summed E-state index contributed by atoms with van der Waals surface area (Å²) >= 11 is 0. The molecule has 0 amide bonds. The first-order valence-electron chi connectivity index (χ1n) is 5.85. The Bertz CT molecular complexity index is 386. The number of benzene rings is 1. The maximum Gasteiger partial charge on any atom is 0.341 e. The number of methoxy groups -OCH3 is 1. The van der Waals surface area contributed by atoms with E-state index in [9.17, 15) is 4.79 Å². The molecule has 0 saturated carbocycles. The molecule has 0 unspecified atom stereocenters. The van der Waals surface area contributed by atoms with Gasteiger partial charge in [-0.25, -0.2) is 4.79 Å². The number of ether oxygens (including phenoxy) is 2. The zero-order valence-electron chi connectivity index (χ0n) is 9.94. The van der Waals surface area contributed by atoms with Gasteiger partial charge in [0.2, 0.25) is 0 Å². The van der Waals surface area contributed by atoms with Gasteiger partial charge in [-0.1, -0.05) is 12.1 Å². The quantitative estimate of drug-likeness (QED) is 0.805.